The van der Waals surface area contributed by atoms with Gasteiger partial charge in [0.2, 0.25) is 25.9 Å². The third-order valence-electron chi connectivity index (χ3n) is 13.5. The van der Waals surface area contributed by atoms with Gasteiger partial charge in [0.15, 0.2) is 5.78 Å². The maximum Gasteiger partial charge on any atom is 0.314 e. The SMILES string of the molecule is NCC(=O)c1ccc(CN(c2ccccc2)S(=O)(=O)CCN2CCN(Cc3ccccc3)CC2)cc1.O=S(=O)(CCN1CCN(Cc2ccccc2)CC1)N(Cc1ccc(-c2nnc(C(F)F)o2)cc1)c1ccccc1. The second-order valence-electron chi connectivity index (χ2n) is 18.8. The van der Waals surface area contributed by atoms with Crippen molar-refractivity contribution in [2.24, 2.45) is 5.73 Å². The van der Waals surface area contributed by atoms with Crippen LogP contribution in [-0.2, 0) is 46.2 Å². The maximum absolute atomic E-state index is 13.6. The molecule has 0 amide bonds. The molecule has 7 aromatic rings. The van der Waals surface area contributed by atoms with Gasteiger partial charge in [-0.2, -0.15) is 8.78 Å². The summed E-state index contributed by atoms with van der Waals surface area (Å²) in [7, 11) is -7.22. The molecule has 76 heavy (non-hydrogen) atoms. The van der Waals surface area contributed by atoms with Crippen LogP contribution in [-0.4, -0.2) is 136 Å². The van der Waals surface area contributed by atoms with Gasteiger partial charge in [0.05, 0.1) is 42.5 Å². The summed E-state index contributed by atoms with van der Waals surface area (Å²) in [6.07, 6.45) is -2.84. The van der Waals surface area contributed by atoms with E-state index in [1.807, 2.05) is 72.8 Å². The minimum absolute atomic E-state index is 0.00292. The number of nitrogens with two attached hydrogens (primary N) is 1. The second-order valence-corrected chi connectivity index (χ2v) is 22.8. The van der Waals surface area contributed by atoms with Crippen molar-refractivity contribution in [2.45, 2.75) is 32.6 Å². The number of para-hydroxylation sites is 2. The van der Waals surface area contributed by atoms with Gasteiger partial charge in [0.25, 0.3) is 5.89 Å². The molecule has 19 heteroatoms. The predicted octanol–water partition coefficient (Wildman–Crippen LogP) is 7.81. The van der Waals surface area contributed by atoms with Crippen molar-refractivity contribution in [1.29, 1.82) is 0 Å². The summed E-state index contributed by atoms with van der Waals surface area (Å²) in [4.78, 5) is 21.1. The minimum Gasteiger partial charge on any atom is -0.415 e. The maximum atomic E-state index is 13.6. The van der Waals surface area contributed by atoms with E-state index < -0.39 is 32.4 Å². The molecule has 2 saturated heterocycles. The van der Waals surface area contributed by atoms with Crippen LogP contribution < -0.4 is 14.3 Å². The molecule has 0 radical (unpaired) electrons. The highest BCUT2D eigenvalue weighted by Gasteiger charge is 2.28. The molecule has 6 aromatic carbocycles. The number of hydrogen-bond donors (Lipinski definition) is 1. The third kappa shape index (κ3) is 15.9. The molecule has 2 fully saturated rings. The Hall–Kier alpha value is -6.71. The Balaban J connectivity index is 0.000000203. The molecule has 0 bridgehead atoms. The Morgan fingerprint density at radius 3 is 1.28 bits per heavy atom. The number of anilines is 2. The van der Waals surface area contributed by atoms with Crippen molar-refractivity contribution in [3.05, 3.63) is 204 Å². The van der Waals surface area contributed by atoms with Crippen LogP contribution in [0.1, 0.15) is 44.9 Å². The number of alkyl halides is 2. The van der Waals surface area contributed by atoms with E-state index in [4.69, 9.17) is 10.2 Å². The van der Waals surface area contributed by atoms with E-state index in [0.29, 0.717) is 35.6 Å². The first kappa shape index (κ1) is 55.5. The summed E-state index contributed by atoms with van der Waals surface area (Å²) in [6.45, 7) is 10.0. The van der Waals surface area contributed by atoms with Gasteiger partial charge < -0.3 is 10.2 Å². The van der Waals surface area contributed by atoms with Crippen molar-refractivity contribution in [3.8, 4) is 11.5 Å². The highest BCUT2D eigenvalue weighted by molar-refractivity contribution is 7.93. The molecule has 0 atom stereocenters. The van der Waals surface area contributed by atoms with E-state index in [-0.39, 0.29) is 42.8 Å². The molecule has 15 nitrogen and oxygen atoms in total. The van der Waals surface area contributed by atoms with E-state index in [1.54, 1.807) is 60.7 Å². The highest BCUT2D eigenvalue weighted by atomic mass is 32.2. The lowest BCUT2D eigenvalue weighted by Crippen LogP contribution is -2.48. The Bertz CT molecular complexity index is 3090. The van der Waals surface area contributed by atoms with Crippen molar-refractivity contribution in [3.63, 3.8) is 0 Å². The molecule has 0 unspecified atom stereocenters. The fourth-order valence-corrected chi connectivity index (χ4v) is 12.1. The van der Waals surface area contributed by atoms with E-state index in [2.05, 4.69) is 66.2 Å². The topological polar surface area (TPSA) is 170 Å². The standard InChI is InChI=1S/C29H31F2N5O3S.C28H34N4O3S/c30-27(31)29-33-32-28(39-29)25-13-11-24(12-14-25)22-36(26-9-5-2-6-10-26)40(37,38)20-19-34-15-17-35(18-16-34)21-23-7-3-1-4-8-23;29-21-28(33)26-13-11-25(12-14-26)23-32(27-9-5-2-6-10-27)36(34,35)20-19-30-15-17-31(18-16-30)22-24-7-3-1-4-8-24/h1-14,27H,15-22H2;1-14H,15-23,29H2. The van der Waals surface area contributed by atoms with Gasteiger partial charge in [-0.25, -0.2) is 16.8 Å². The number of rotatable bonds is 22. The van der Waals surface area contributed by atoms with Crippen LogP contribution in [0, 0.1) is 0 Å². The summed E-state index contributed by atoms with van der Waals surface area (Å²) >= 11 is 0. The lowest BCUT2D eigenvalue weighted by molar-refractivity contribution is 0.100. The Morgan fingerprint density at radius 1 is 0.513 bits per heavy atom. The number of benzene rings is 6. The summed E-state index contributed by atoms with van der Waals surface area (Å²) in [6, 6.07) is 52.7. The molecule has 1 aromatic heterocycles. The smallest absolute Gasteiger partial charge is 0.314 e. The van der Waals surface area contributed by atoms with Gasteiger partial charge in [0, 0.05) is 89.7 Å². The van der Waals surface area contributed by atoms with Crippen LogP contribution in [0.3, 0.4) is 0 Å². The largest absolute Gasteiger partial charge is 0.415 e. The van der Waals surface area contributed by atoms with Crippen LogP contribution in [0.5, 0.6) is 0 Å². The Morgan fingerprint density at radius 2 is 0.895 bits per heavy atom. The number of piperazine rings is 2. The molecule has 2 N–H and O–H groups in total. The monoisotopic (exact) mass is 1070 g/mol. The van der Waals surface area contributed by atoms with Gasteiger partial charge in [-0.3, -0.25) is 33.0 Å². The average Bonchev–Trinajstić information content (AvgIpc) is 3.96. The second kappa shape index (κ2) is 26.9. The Labute approximate surface area is 445 Å². The van der Waals surface area contributed by atoms with Crippen LogP contribution in [0.15, 0.2) is 174 Å². The third-order valence-corrected chi connectivity index (χ3v) is 16.9. The first-order chi connectivity index (χ1) is 36.8. The fraction of sp³-hybridized carbons (Fsp3) is 0.316. The summed E-state index contributed by atoms with van der Waals surface area (Å²) in [5.74, 6) is -0.851. The zero-order valence-corrected chi connectivity index (χ0v) is 44.1. The van der Waals surface area contributed by atoms with Crippen molar-refractivity contribution < 1.29 is 34.8 Å². The van der Waals surface area contributed by atoms with Crippen LogP contribution in [0.25, 0.3) is 11.5 Å². The number of nitrogens with zero attached hydrogens (tertiary/aromatic N) is 8. The molecular weight excluding hydrogens is 1010 g/mol. The molecule has 3 heterocycles. The summed E-state index contributed by atoms with van der Waals surface area (Å²) in [5.41, 5.74) is 11.8. The van der Waals surface area contributed by atoms with Crippen molar-refractivity contribution in [1.82, 2.24) is 29.8 Å². The highest BCUT2D eigenvalue weighted by Crippen LogP contribution is 2.27. The summed E-state index contributed by atoms with van der Waals surface area (Å²) in [5, 5.41) is 7.02. The number of Topliss-reactive ketones (excluding diaryl/α,β-unsaturated/α-hetero) is 1. The average molecular weight is 1070 g/mol. The van der Waals surface area contributed by atoms with E-state index >= 15 is 0 Å². The number of carbonyl (C=O) groups is 1. The fourth-order valence-electron chi connectivity index (χ4n) is 9.06. The lowest BCUT2D eigenvalue weighted by Gasteiger charge is -2.35. The summed E-state index contributed by atoms with van der Waals surface area (Å²) < 4.78 is 87.8. The molecule has 0 saturated carbocycles. The van der Waals surface area contributed by atoms with Crippen molar-refractivity contribution in [2.75, 3.05) is 92.1 Å². The number of aromatic nitrogens is 2. The van der Waals surface area contributed by atoms with E-state index in [0.717, 1.165) is 76.6 Å². The predicted molar refractivity (Wildman–Crippen MR) is 294 cm³/mol. The van der Waals surface area contributed by atoms with Gasteiger partial charge in [-0.05, 0) is 58.7 Å². The number of sulfonamides is 2. The normalized spacial score (nSPS) is 15.0. The van der Waals surface area contributed by atoms with Crippen LogP contribution in [0.2, 0.25) is 0 Å². The zero-order chi connectivity index (χ0) is 53.3. The molecule has 0 aliphatic carbocycles. The quantitative estimate of drug-likeness (QED) is 0.0653. The first-order valence-corrected chi connectivity index (χ1v) is 28.6. The minimum atomic E-state index is -3.65. The molecule has 2 aliphatic rings. The van der Waals surface area contributed by atoms with Gasteiger partial charge in [-0.1, -0.05) is 133 Å². The number of ketones is 1. The van der Waals surface area contributed by atoms with Gasteiger partial charge in [-0.15, -0.1) is 10.2 Å². The number of halogens is 2. The molecular formula is C57H65F2N9O6S2. The van der Waals surface area contributed by atoms with Crippen molar-refractivity contribution >= 4 is 37.2 Å². The van der Waals surface area contributed by atoms with Crippen LogP contribution in [0.4, 0.5) is 20.2 Å². The molecule has 400 valence electrons. The number of carbonyl (C=O) groups excluding carboxylic acids is 1. The molecule has 2 aliphatic heterocycles. The van der Waals surface area contributed by atoms with Gasteiger partial charge >= 0.3 is 6.43 Å². The zero-order valence-electron chi connectivity index (χ0n) is 42.4. The van der Waals surface area contributed by atoms with Crippen LogP contribution >= 0.6 is 0 Å². The Kier molecular flexibility index (Phi) is 19.6. The lowest BCUT2D eigenvalue weighted by atomic mass is 10.1. The first-order valence-electron chi connectivity index (χ1n) is 25.4. The number of hydrogen-bond acceptors (Lipinski definition) is 13. The molecule has 9 rings (SSSR count). The van der Waals surface area contributed by atoms with E-state index in [9.17, 15) is 30.4 Å². The molecule has 0 spiro atoms. The van der Waals surface area contributed by atoms with E-state index in [1.165, 1.54) is 19.7 Å². The van der Waals surface area contributed by atoms with Gasteiger partial charge in [0.1, 0.15) is 0 Å².